The van der Waals surface area contributed by atoms with Crippen LogP contribution in [-0.4, -0.2) is 15.5 Å². The molecule has 27 heavy (non-hydrogen) atoms. The van der Waals surface area contributed by atoms with E-state index in [-0.39, 0.29) is 11.5 Å². The molecular weight excluding hydrogens is 338 g/mol. The molecule has 0 saturated heterocycles. The summed E-state index contributed by atoms with van der Waals surface area (Å²) in [5.74, 6) is 0.623. The second-order valence-electron chi connectivity index (χ2n) is 6.91. The molecule has 0 spiro atoms. The molecule has 1 amide bonds. The zero-order chi connectivity index (χ0) is 18.8. The third-order valence-corrected chi connectivity index (χ3v) is 4.84. The standard InChI is InChI=1S/C22H21N3O2/c1-15-5-7-16(8-6-15)9-12-21(26)23-17-10-11-19-18(14-17)22(27)25-13-3-2-4-20(25)24-19/h5-12,14H,2-4,13H2,1H3,(H,23,26)/b12-9+. The summed E-state index contributed by atoms with van der Waals surface area (Å²) in [5.41, 5.74) is 3.39. The normalized spacial score (nSPS) is 13.7. The lowest BCUT2D eigenvalue weighted by molar-refractivity contribution is -0.111. The number of nitrogens with zero attached hydrogens (tertiary/aromatic N) is 2. The summed E-state index contributed by atoms with van der Waals surface area (Å²) in [6, 6.07) is 13.2. The van der Waals surface area contributed by atoms with Gasteiger partial charge in [0.2, 0.25) is 5.91 Å². The molecule has 2 heterocycles. The van der Waals surface area contributed by atoms with E-state index in [0.29, 0.717) is 23.1 Å². The summed E-state index contributed by atoms with van der Waals surface area (Å²) in [7, 11) is 0. The Morgan fingerprint density at radius 3 is 2.78 bits per heavy atom. The first-order chi connectivity index (χ1) is 13.1. The van der Waals surface area contributed by atoms with Crippen molar-refractivity contribution in [2.45, 2.75) is 32.7 Å². The van der Waals surface area contributed by atoms with Gasteiger partial charge in [-0.2, -0.15) is 0 Å². The number of aromatic nitrogens is 2. The molecule has 0 unspecified atom stereocenters. The molecule has 0 aliphatic carbocycles. The first-order valence-electron chi connectivity index (χ1n) is 9.19. The van der Waals surface area contributed by atoms with Crippen LogP contribution < -0.4 is 10.9 Å². The van der Waals surface area contributed by atoms with Crippen LogP contribution in [0, 0.1) is 6.92 Å². The van der Waals surface area contributed by atoms with Gasteiger partial charge in [-0.25, -0.2) is 4.98 Å². The monoisotopic (exact) mass is 359 g/mol. The lowest BCUT2D eigenvalue weighted by Crippen LogP contribution is -2.28. The Kier molecular flexibility index (Phi) is 4.59. The number of amides is 1. The first-order valence-corrected chi connectivity index (χ1v) is 9.19. The van der Waals surface area contributed by atoms with E-state index < -0.39 is 0 Å². The highest BCUT2D eigenvalue weighted by molar-refractivity contribution is 6.02. The molecule has 0 atom stereocenters. The maximum atomic E-state index is 12.7. The van der Waals surface area contributed by atoms with Gasteiger partial charge in [-0.1, -0.05) is 29.8 Å². The Morgan fingerprint density at radius 2 is 1.96 bits per heavy atom. The summed E-state index contributed by atoms with van der Waals surface area (Å²) < 4.78 is 1.76. The van der Waals surface area contributed by atoms with Gasteiger partial charge < -0.3 is 5.32 Å². The van der Waals surface area contributed by atoms with Crippen molar-refractivity contribution in [2.75, 3.05) is 5.32 Å². The van der Waals surface area contributed by atoms with Crippen molar-refractivity contribution in [2.24, 2.45) is 0 Å². The van der Waals surface area contributed by atoms with Crippen LogP contribution in [0.4, 0.5) is 5.69 Å². The molecule has 5 heteroatoms. The second kappa shape index (κ2) is 7.19. The Bertz CT molecular complexity index is 1090. The molecular formula is C22H21N3O2. The number of benzene rings is 2. The average molecular weight is 359 g/mol. The molecule has 1 N–H and O–H groups in total. The lowest BCUT2D eigenvalue weighted by atomic mass is 10.1. The van der Waals surface area contributed by atoms with Gasteiger partial charge in [0.1, 0.15) is 5.82 Å². The number of aryl methyl sites for hydroxylation is 2. The van der Waals surface area contributed by atoms with Crippen LogP contribution in [0.1, 0.15) is 29.8 Å². The lowest BCUT2D eigenvalue weighted by Gasteiger charge is -2.17. The quantitative estimate of drug-likeness (QED) is 0.726. The molecule has 0 saturated carbocycles. The summed E-state index contributed by atoms with van der Waals surface area (Å²) in [6.07, 6.45) is 6.17. The number of carbonyl (C=O) groups is 1. The minimum Gasteiger partial charge on any atom is -0.322 e. The Hall–Kier alpha value is -3.21. The summed E-state index contributed by atoms with van der Waals surface area (Å²) >= 11 is 0. The molecule has 1 aliphatic heterocycles. The van der Waals surface area contributed by atoms with Gasteiger partial charge in [0.15, 0.2) is 0 Å². The van der Waals surface area contributed by atoms with E-state index >= 15 is 0 Å². The average Bonchev–Trinajstić information content (AvgIpc) is 2.68. The molecule has 0 radical (unpaired) electrons. The minimum absolute atomic E-state index is 0.0269. The first kappa shape index (κ1) is 17.2. The topological polar surface area (TPSA) is 64.0 Å². The number of anilines is 1. The third kappa shape index (κ3) is 3.67. The van der Waals surface area contributed by atoms with Crippen LogP contribution in [0.2, 0.25) is 0 Å². The maximum Gasteiger partial charge on any atom is 0.261 e. The maximum absolute atomic E-state index is 12.7. The molecule has 1 aromatic heterocycles. The summed E-state index contributed by atoms with van der Waals surface area (Å²) in [6.45, 7) is 2.74. The van der Waals surface area contributed by atoms with Crippen molar-refractivity contribution in [3.8, 4) is 0 Å². The minimum atomic E-state index is -0.235. The van der Waals surface area contributed by atoms with E-state index in [0.717, 1.165) is 30.7 Å². The van der Waals surface area contributed by atoms with Crippen molar-refractivity contribution >= 4 is 28.6 Å². The van der Waals surface area contributed by atoms with Crippen molar-refractivity contribution in [3.05, 3.63) is 75.8 Å². The second-order valence-corrected chi connectivity index (χ2v) is 6.91. The van der Waals surface area contributed by atoms with Crippen LogP contribution in [-0.2, 0) is 17.8 Å². The molecule has 136 valence electrons. The van der Waals surface area contributed by atoms with Gasteiger partial charge >= 0.3 is 0 Å². The molecule has 1 aliphatic rings. The largest absolute Gasteiger partial charge is 0.322 e. The van der Waals surface area contributed by atoms with Gasteiger partial charge in [-0.15, -0.1) is 0 Å². The van der Waals surface area contributed by atoms with Crippen LogP contribution in [0.25, 0.3) is 17.0 Å². The van der Waals surface area contributed by atoms with Gasteiger partial charge in [0.25, 0.3) is 5.56 Å². The molecule has 3 aromatic rings. The van der Waals surface area contributed by atoms with Crippen molar-refractivity contribution in [1.82, 2.24) is 9.55 Å². The van der Waals surface area contributed by atoms with Crippen molar-refractivity contribution in [3.63, 3.8) is 0 Å². The highest BCUT2D eigenvalue weighted by atomic mass is 16.1. The van der Waals surface area contributed by atoms with Crippen molar-refractivity contribution in [1.29, 1.82) is 0 Å². The van der Waals surface area contributed by atoms with Crippen LogP contribution in [0.15, 0.2) is 53.3 Å². The molecule has 2 aromatic carbocycles. The van der Waals surface area contributed by atoms with Crippen LogP contribution in [0.5, 0.6) is 0 Å². The fourth-order valence-electron chi connectivity index (χ4n) is 3.35. The zero-order valence-electron chi connectivity index (χ0n) is 15.2. The smallest absolute Gasteiger partial charge is 0.261 e. The van der Waals surface area contributed by atoms with Crippen LogP contribution in [0.3, 0.4) is 0 Å². The van der Waals surface area contributed by atoms with E-state index in [1.165, 1.54) is 11.6 Å². The fourth-order valence-corrected chi connectivity index (χ4v) is 3.35. The molecule has 0 bridgehead atoms. The zero-order valence-corrected chi connectivity index (χ0v) is 15.2. The number of fused-ring (bicyclic) bond motifs is 2. The predicted molar refractivity (Wildman–Crippen MR) is 108 cm³/mol. The number of rotatable bonds is 3. The van der Waals surface area contributed by atoms with E-state index in [2.05, 4.69) is 10.3 Å². The fraction of sp³-hybridized carbons (Fsp3) is 0.227. The number of carbonyl (C=O) groups excluding carboxylic acids is 1. The molecule has 4 rings (SSSR count). The van der Waals surface area contributed by atoms with Crippen molar-refractivity contribution < 1.29 is 4.79 Å². The van der Waals surface area contributed by atoms with E-state index in [1.807, 2.05) is 31.2 Å². The van der Waals surface area contributed by atoms with Gasteiger partial charge in [0, 0.05) is 24.7 Å². The highest BCUT2D eigenvalue weighted by Crippen LogP contribution is 2.18. The van der Waals surface area contributed by atoms with Gasteiger partial charge in [-0.05, 0) is 49.6 Å². The SMILES string of the molecule is Cc1ccc(/C=C/C(=O)Nc2ccc3nc4n(c(=O)c3c2)CCCC4)cc1. The Morgan fingerprint density at radius 1 is 1.15 bits per heavy atom. The van der Waals surface area contributed by atoms with Crippen LogP contribution >= 0.6 is 0 Å². The number of nitrogens with one attached hydrogen (secondary N) is 1. The number of hydrogen-bond donors (Lipinski definition) is 1. The van der Waals surface area contributed by atoms with Gasteiger partial charge in [0.05, 0.1) is 10.9 Å². The van der Waals surface area contributed by atoms with E-state index in [4.69, 9.17) is 0 Å². The summed E-state index contributed by atoms with van der Waals surface area (Å²) in [4.78, 5) is 29.6. The summed E-state index contributed by atoms with van der Waals surface area (Å²) in [5, 5.41) is 3.36. The molecule has 0 fully saturated rings. The van der Waals surface area contributed by atoms with E-state index in [1.54, 1.807) is 28.8 Å². The number of hydrogen-bond acceptors (Lipinski definition) is 3. The van der Waals surface area contributed by atoms with Gasteiger partial charge in [-0.3, -0.25) is 14.2 Å². The predicted octanol–water partition coefficient (Wildman–Crippen LogP) is 3.69. The highest BCUT2D eigenvalue weighted by Gasteiger charge is 2.15. The third-order valence-electron chi connectivity index (χ3n) is 4.84. The molecule has 5 nitrogen and oxygen atoms in total. The Labute approximate surface area is 157 Å². The Balaban J connectivity index is 1.57. The van der Waals surface area contributed by atoms with E-state index in [9.17, 15) is 9.59 Å².